The van der Waals surface area contributed by atoms with Gasteiger partial charge in [0.15, 0.2) is 5.78 Å². The Kier molecular flexibility index (Phi) is 2.27. The second-order valence-electron chi connectivity index (χ2n) is 3.61. The minimum atomic E-state index is -0.600. The van der Waals surface area contributed by atoms with Crippen molar-refractivity contribution in [3.8, 4) is 5.75 Å². The topological polar surface area (TPSA) is 63.3 Å². The predicted molar refractivity (Wildman–Crippen MR) is 60.0 cm³/mol. The van der Waals surface area contributed by atoms with E-state index in [2.05, 4.69) is 0 Å². The number of phenolic OH excluding ortho intramolecular Hbond substituents is 1. The second kappa shape index (κ2) is 3.48. The third-order valence-corrected chi connectivity index (χ3v) is 2.43. The Bertz CT molecular complexity index is 593. The van der Waals surface area contributed by atoms with Crippen LogP contribution in [0.1, 0.15) is 17.3 Å². The molecule has 0 radical (unpaired) electrons. The monoisotopic (exact) mass is 219 g/mol. The zero-order valence-electron chi connectivity index (χ0n) is 8.62. The van der Waals surface area contributed by atoms with Gasteiger partial charge in [-0.05, 0) is 24.4 Å². The number of phenols is 1. The number of carbonyl (C=O) groups excluding carboxylic acids is 1. The van der Waals surface area contributed by atoms with Gasteiger partial charge >= 0.3 is 0 Å². The lowest BCUT2D eigenvalue weighted by Gasteiger charge is -2.08. The van der Waals surface area contributed by atoms with Gasteiger partial charge in [0.2, 0.25) is 0 Å². The van der Waals surface area contributed by atoms with E-state index in [1.165, 1.54) is 31.2 Å². The molecule has 2 aromatic rings. The molecule has 0 unspecified atom stereocenters. The Hall–Kier alpha value is -2.10. The molecule has 0 fully saturated rings. The molecule has 3 nitrogen and oxygen atoms in total. The summed E-state index contributed by atoms with van der Waals surface area (Å²) in [5.74, 6) is -0.996. The first-order chi connectivity index (χ1) is 7.50. The smallest absolute Gasteiger partial charge is 0.163 e. The van der Waals surface area contributed by atoms with Gasteiger partial charge in [0, 0.05) is 17.1 Å². The molecular formula is C12H10FNO2. The fourth-order valence-corrected chi connectivity index (χ4v) is 1.80. The summed E-state index contributed by atoms with van der Waals surface area (Å²) in [6.07, 6.45) is 0. The SMILES string of the molecule is CC(=O)c1c(F)ccc2cc(O)cc(N)c12. The van der Waals surface area contributed by atoms with Gasteiger partial charge < -0.3 is 10.8 Å². The molecule has 0 saturated carbocycles. The van der Waals surface area contributed by atoms with Crippen LogP contribution in [-0.2, 0) is 0 Å². The number of hydrogen-bond donors (Lipinski definition) is 2. The number of aromatic hydroxyl groups is 1. The van der Waals surface area contributed by atoms with Gasteiger partial charge in [-0.1, -0.05) is 6.07 Å². The van der Waals surface area contributed by atoms with Gasteiger partial charge in [-0.2, -0.15) is 0 Å². The van der Waals surface area contributed by atoms with E-state index in [1.54, 1.807) is 0 Å². The summed E-state index contributed by atoms with van der Waals surface area (Å²) in [6.45, 7) is 1.28. The molecule has 4 heteroatoms. The van der Waals surface area contributed by atoms with E-state index in [4.69, 9.17) is 5.73 Å². The number of rotatable bonds is 1. The molecule has 0 saturated heterocycles. The number of anilines is 1. The number of nitrogens with two attached hydrogens (primary N) is 1. The molecular weight excluding hydrogens is 209 g/mol. The summed E-state index contributed by atoms with van der Waals surface area (Å²) in [4.78, 5) is 11.4. The summed E-state index contributed by atoms with van der Waals surface area (Å²) in [5.41, 5.74) is 5.85. The predicted octanol–water partition coefficient (Wildman–Crippen LogP) is 2.47. The number of hydrogen-bond acceptors (Lipinski definition) is 3. The quantitative estimate of drug-likeness (QED) is 0.572. The van der Waals surface area contributed by atoms with Crippen molar-refractivity contribution in [2.24, 2.45) is 0 Å². The molecule has 0 heterocycles. The van der Waals surface area contributed by atoms with E-state index in [1.807, 2.05) is 0 Å². The lowest BCUT2D eigenvalue weighted by atomic mass is 9.99. The first-order valence-electron chi connectivity index (χ1n) is 4.72. The highest BCUT2D eigenvalue weighted by Gasteiger charge is 2.14. The Morgan fingerprint density at radius 3 is 2.69 bits per heavy atom. The van der Waals surface area contributed by atoms with Crippen LogP contribution in [0.3, 0.4) is 0 Å². The van der Waals surface area contributed by atoms with E-state index < -0.39 is 5.82 Å². The molecule has 0 spiro atoms. The molecule has 82 valence electrons. The molecule has 0 aliphatic rings. The molecule has 3 N–H and O–H groups in total. The van der Waals surface area contributed by atoms with Crippen molar-refractivity contribution in [1.82, 2.24) is 0 Å². The lowest BCUT2D eigenvalue weighted by Crippen LogP contribution is -2.01. The fraction of sp³-hybridized carbons (Fsp3) is 0.0833. The Morgan fingerprint density at radius 2 is 2.06 bits per heavy atom. The Labute approximate surface area is 91.3 Å². The van der Waals surface area contributed by atoms with Crippen molar-refractivity contribution in [3.05, 3.63) is 35.6 Å². The first-order valence-corrected chi connectivity index (χ1v) is 4.72. The molecule has 0 atom stereocenters. The van der Waals surface area contributed by atoms with Gasteiger partial charge in [-0.15, -0.1) is 0 Å². The summed E-state index contributed by atoms with van der Waals surface area (Å²) in [7, 11) is 0. The Morgan fingerprint density at radius 1 is 1.38 bits per heavy atom. The van der Waals surface area contributed by atoms with Crippen LogP contribution in [-0.4, -0.2) is 10.9 Å². The molecule has 0 aliphatic heterocycles. The second-order valence-corrected chi connectivity index (χ2v) is 3.61. The average Bonchev–Trinajstić information content (AvgIpc) is 2.18. The minimum absolute atomic E-state index is 0.00823. The van der Waals surface area contributed by atoms with Crippen molar-refractivity contribution >= 4 is 22.2 Å². The van der Waals surface area contributed by atoms with Crippen LogP contribution in [0, 0.1) is 5.82 Å². The highest BCUT2D eigenvalue weighted by molar-refractivity contribution is 6.11. The van der Waals surface area contributed by atoms with Gasteiger partial charge in [0.05, 0.1) is 5.56 Å². The highest BCUT2D eigenvalue weighted by Crippen LogP contribution is 2.31. The third kappa shape index (κ3) is 1.48. The maximum atomic E-state index is 13.5. The van der Waals surface area contributed by atoms with E-state index in [9.17, 15) is 14.3 Å². The molecule has 0 aliphatic carbocycles. The highest BCUT2D eigenvalue weighted by atomic mass is 19.1. The molecule has 2 rings (SSSR count). The number of halogens is 1. The minimum Gasteiger partial charge on any atom is -0.508 e. The van der Waals surface area contributed by atoms with Crippen molar-refractivity contribution < 1.29 is 14.3 Å². The summed E-state index contributed by atoms with van der Waals surface area (Å²) in [6, 6.07) is 5.41. The van der Waals surface area contributed by atoms with Crippen LogP contribution in [0.4, 0.5) is 10.1 Å². The summed E-state index contributed by atoms with van der Waals surface area (Å²) in [5, 5.41) is 10.2. The van der Waals surface area contributed by atoms with Crippen molar-refractivity contribution in [2.45, 2.75) is 6.92 Å². The number of ketones is 1. The van der Waals surface area contributed by atoms with Gasteiger partial charge in [-0.25, -0.2) is 4.39 Å². The fourth-order valence-electron chi connectivity index (χ4n) is 1.80. The number of fused-ring (bicyclic) bond motifs is 1. The average molecular weight is 219 g/mol. The lowest BCUT2D eigenvalue weighted by molar-refractivity contribution is 0.101. The van der Waals surface area contributed by atoms with Crippen molar-refractivity contribution in [3.63, 3.8) is 0 Å². The maximum Gasteiger partial charge on any atom is 0.163 e. The first kappa shape index (κ1) is 10.4. The van der Waals surface area contributed by atoms with Crippen LogP contribution in [0.25, 0.3) is 10.8 Å². The molecule has 0 bridgehead atoms. The van der Waals surface area contributed by atoms with Crippen LogP contribution in [0.5, 0.6) is 5.75 Å². The number of Topliss-reactive ketones (excluding diaryl/α,β-unsaturated/α-hetero) is 1. The van der Waals surface area contributed by atoms with Crippen molar-refractivity contribution in [1.29, 1.82) is 0 Å². The van der Waals surface area contributed by atoms with Gasteiger partial charge in [0.1, 0.15) is 11.6 Å². The Balaban J connectivity index is 2.97. The van der Waals surface area contributed by atoms with E-state index in [0.717, 1.165) is 0 Å². The zero-order chi connectivity index (χ0) is 11.9. The maximum absolute atomic E-state index is 13.5. The largest absolute Gasteiger partial charge is 0.508 e. The standard InChI is InChI=1S/C12H10FNO2/c1-6(15)11-9(13)3-2-7-4-8(16)5-10(14)12(7)11/h2-5,16H,14H2,1H3. The number of benzene rings is 2. The van der Waals surface area contributed by atoms with E-state index >= 15 is 0 Å². The molecule has 2 aromatic carbocycles. The van der Waals surface area contributed by atoms with Gasteiger partial charge in [-0.3, -0.25) is 4.79 Å². The van der Waals surface area contributed by atoms with Crippen LogP contribution < -0.4 is 5.73 Å². The van der Waals surface area contributed by atoms with Crippen LogP contribution in [0.15, 0.2) is 24.3 Å². The van der Waals surface area contributed by atoms with E-state index in [0.29, 0.717) is 10.8 Å². The molecule has 0 amide bonds. The molecule has 0 aromatic heterocycles. The van der Waals surface area contributed by atoms with Gasteiger partial charge in [0.25, 0.3) is 0 Å². The summed E-state index contributed by atoms with van der Waals surface area (Å²) < 4.78 is 13.5. The van der Waals surface area contributed by atoms with Crippen LogP contribution >= 0.6 is 0 Å². The number of carbonyl (C=O) groups is 1. The van der Waals surface area contributed by atoms with E-state index in [-0.39, 0.29) is 22.8 Å². The number of nitrogen functional groups attached to an aromatic ring is 1. The third-order valence-electron chi connectivity index (χ3n) is 2.43. The summed E-state index contributed by atoms with van der Waals surface area (Å²) >= 11 is 0. The normalized spacial score (nSPS) is 10.6. The van der Waals surface area contributed by atoms with Crippen molar-refractivity contribution in [2.75, 3.05) is 5.73 Å². The zero-order valence-corrected chi connectivity index (χ0v) is 8.62. The van der Waals surface area contributed by atoms with Crippen LogP contribution in [0.2, 0.25) is 0 Å². The molecule has 16 heavy (non-hydrogen) atoms.